The first kappa shape index (κ1) is 15.3. The third-order valence-corrected chi connectivity index (χ3v) is 5.58. The second-order valence-corrected chi connectivity index (χ2v) is 7.93. The maximum absolute atomic E-state index is 9.75. The van der Waals surface area contributed by atoms with Crippen molar-refractivity contribution in [2.24, 2.45) is 11.8 Å². The summed E-state index contributed by atoms with van der Waals surface area (Å²) in [5.74, 6) is 1.54. The molecule has 0 saturated heterocycles. The minimum absolute atomic E-state index is 0.247. The topological polar surface area (TPSA) is 39.1 Å². The van der Waals surface area contributed by atoms with Crippen molar-refractivity contribution in [2.45, 2.75) is 82.8 Å². The summed E-state index contributed by atoms with van der Waals surface area (Å²) in [6.07, 6.45) is 10.4. The molecule has 3 nitrogen and oxygen atoms in total. The summed E-state index contributed by atoms with van der Waals surface area (Å²) < 4.78 is 0. The summed E-state index contributed by atoms with van der Waals surface area (Å²) >= 11 is 0. The monoisotopic (exact) mass is 289 g/mol. The van der Waals surface area contributed by atoms with Crippen LogP contribution in [0.4, 0.5) is 0 Å². The summed E-state index contributed by atoms with van der Waals surface area (Å²) in [6, 6.07) is 3.93. The van der Waals surface area contributed by atoms with Crippen LogP contribution in [0.3, 0.4) is 0 Å². The quantitative estimate of drug-likeness (QED) is 0.745. The van der Waals surface area contributed by atoms with E-state index in [1.54, 1.807) is 0 Å². The Bertz CT molecular complexity index is 392. The molecule has 2 unspecified atom stereocenters. The lowest BCUT2D eigenvalue weighted by molar-refractivity contribution is 0.205. The van der Waals surface area contributed by atoms with Gasteiger partial charge in [0.15, 0.2) is 0 Å². The third kappa shape index (κ3) is 3.79. The Morgan fingerprint density at radius 3 is 2.57 bits per heavy atom. The molecule has 3 saturated carbocycles. The molecule has 118 valence electrons. The fraction of sp³-hybridized carbons (Fsp3) is 0.944. The number of hydrogen-bond donors (Lipinski definition) is 1. The molecule has 0 amide bonds. The van der Waals surface area contributed by atoms with Gasteiger partial charge >= 0.3 is 0 Å². The molecule has 3 rings (SSSR count). The predicted molar refractivity (Wildman–Crippen MR) is 85.9 cm³/mol. The summed E-state index contributed by atoms with van der Waals surface area (Å²) in [5, 5.41) is 13.3. The van der Waals surface area contributed by atoms with Crippen LogP contribution in [0.2, 0.25) is 0 Å². The summed E-state index contributed by atoms with van der Waals surface area (Å²) in [7, 11) is 0. The van der Waals surface area contributed by atoms with Crippen LogP contribution in [0.1, 0.15) is 65.2 Å². The Morgan fingerprint density at radius 1 is 1.24 bits per heavy atom. The van der Waals surface area contributed by atoms with Crippen molar-refractivity contribution in [1.29, 1.82) is 5.26 Å². The molecule has 1 N–H and O–H groups in total. The first-order valence-corrected chi connectivity index (χ1v) is 9.06. The van der Waals surface area contributed by atoms with E-state index in [9.17, 15) is 5.26 Å². The molecule has 3 heteroatoms. The second-order valence-electron chi connectivity index (χ2n) is 7.93. The van der Waals surface area contributed by atoms with Crippen molar-refractivity contribution in [3.05, 3.63) is 0 Å². The van der Waals surface area contributed by atoms with Crippen LogP contribution in [0, 0.1) is 23.2 Å². The van der Waals surface area contributed by atoms with Crippen LogP contribution in [0.5, 0.6) is 0 Å². The molecule has 0 aromatic carbocycles. The van der Waals surface area contributed by atoms with Gasteiger partial charge in [0, 0.05) is 18.6 Å². The van der Waals surface area contributed by atoms with Gasteiger partial charge in [-0.1, -0.05) is 6.42 Å². The molecule has 0 radical (unpaired) electrons. The molecule has 3 fully saturated rings. The van der Waals surface area contributed by atoms with Gasteiger partial charge in [0.05, 0.1) is 6.07 Å². The van der Waals surface area contributed by atoms with E-state index in [1.165, 1.54) is 58.0 Å². The van der Waals surface area contributed by atoms with Crippen LogP contribution < -0.4 is 5.32 Å². The van der Waals surface area contributed by atoms with Gasteiger partial charge in [-0.15, -0.1) is 0 Å². The minimum Gasteiger partial charge on any atom is -0.300 e. The van der Waals surface area contributed by atoms with Gasteiger partial charge in [-0.05, 0) is 77.2 Å². The fourth-order valence-corrected chi connectivity index (χ4v) is 4.17. The van der Waals surface area contributed by atoms with Crippen LogP contribution in [0.15, 0.2) is 0 Å². The number of rotatable bonds is 8. The lowest BCUT2D eigenvalue weighted by atomic mass is 9.85. The zero-order valence-electron chi connectivity index (χ0n) is 13.8. The smallest absolute Gasteiger partial charge is 0.109 e. The van der Waals surface area contributed by atoms with Crippen LogP contribution in [0.25, 0.3) is 0 Å². The van der Waals surface area contributed by atoms with E-state index in [4.69, 9.17) is 0 Å². The highest BCUT2D eigenvalue weighted by Crippen LogP contribution is 2.40. The molecular weight excluding hydrogens is 258 g/mol. The van der Waals surface area contributed by atoms with Crippen molar-refractivity contribution in [1.82, 2.24) is 10.2 Å². The molecule has 2 atom stereocenters. The number of nitrogens with one attached hydrogen (secondary N) is 1. The lowest BCUT2D eigenvalue weighted by Gasteiger charge is -2.33. The van der Waals surface area contributed by atoms with Crippen LogP contribution in [-0.4, -0.2) is 35.6 Å². The number of hydrogen-bond acceptors (Lipinski definition) is 3. The van der Waals surface area contributed by atoms with Gasteiger partial charge in [-0.25, -0.2) is 0 Å². The van der Waals surface area contributed by atoms with Gasteiger partial charge in [0.2, 0.25) is 0 Å². The second kappa shape index (κ2) is 6.26. The molecule has 21 heavy (non-hydrogen) atoms. The SMILES string of the molecule is CC(C)NC1(C#N)CCCC1CCN(CC1CC1)C1CC1. The van der Waals surface area contributed by atoms with E-state index >= 15 is 0 Å². The molecule has 3 aliphatic rings. The van der Waals surface area contributed by atoms with Crippen LogP contribution in [-0.2, 0) is 0 Å². The fourth-order valence-electron chi connectivity index (χ4n) is 4.17. The molecule has 0 bridgehead atoms. The molecular formula is C18H31N3. The van der Waals surface area contributed by atoms with Gasteiger partial charge in [-0.3, -0.25) is 5.32 Å². The van der Waals surface area contributed by atoms with Crippen molar-refractivity contribution in [3.8, 4) is 6.07 Å². The third-order valence-electron chi connectivity index (χ3n) is 5.58. The molecule has 3 aliphatic carbocycles. The average molecular weight is 289 g/mol. The molecule has 0 aromatic rings. The molecule has 0 heterocycles. The highest BCUT2D eigenvalue weighted by molar-refractivity contribution is 5.14. The maximum atomic E-state index is 9.75. The number of nitrogens with zero attached hydrogens (tertiary/aromatic N) is 2. The Balaban J connectivity index is 1.55. The summed E-state index contributed by atoms with van der Waals surface area (Å²) in [4.78, 5) is 2.74. The van der Waals surface area contributed by atoms with Gasteiger partial charge in [0.25, 0.3) is 0 Å². The van der Waals surface area contributed by atoms with E-state index in [1.807, 2.05) is 0 Å². The highest BCUT2D eigenvalue weighted by atomic mass is 15.2. The first-order chi connectivity index (χ1) is 10.1. The average Bonchev–Trinajstić information content (AvgIpc) is 3.33. The van der Waals surface area contributed by atoms with Crippen molar-refractivity contribution >= 4 is 0 Å². The molecule has 0 aliphatic heterocycles. The summed E-state index contributed by atoms with van der Waals surface area (Å²) in [6.45, 7) is 6.87. The van der Waals surface area contributed by atoms with E-state index in [-0.39, 0.29) is 5.54 Å². The number of nitriles is 1. The van der Waals surface area contributed by atoms with Crippen LogP contribution >= 0.6 is 0 Å². The predicted octanol–water partition coefficient (Wildman–Crippen LogP) is 3.31. The Morgan fingerprint density at radius 2 is 2.00 bits per heavy atom. The summed E-state index contributed by atoms with van der Waals surface area (Å²) in [5.41, 5.74) is -0.247. The van der Waals surface area contributed by atoms with Gasteiger partial charge < -0.3 is 4.90 Å². The van der Waals surface area contributed by atoms with E-state index in [0.717, 1.165) is 18.4 Å². The Labute approximate surface area is 130 Å². The van der Waals surface area contributed by atoms with Crippen molar-refractivity contribution in [3.63, 3.8) is 0 Å². The van der Waals surface area contributed by atoms with E-state index in [0.29, 0.717) is 12.0 Å². The standard InChI is InChI=1S/C18H31N3/c1-14(2)20-18(13-19)10-3-4-16(18)9-11-21(17-7-8-17)12-15-5-6-15/h14-17,20H,3-12H2,1-2H3. The minimum atomic E-state index is -0.247. The molecule has 0 aromatic heterocycles. The van der Waals surface area contributed by atoms with E-state index in [2.05, 4.69) is 30.1 Å². The van der Waals surface area contributed by atoms with Crippen molar-refractivity contribution in [2.75, 3.05) is 13.1 Å². The van der Waals surface area contributed by atoms with Crippen molar-refractivity contribution < 1.29 is 0 Å². The first-order valence-electron chi connectivity index (χ1n) is 9.06. The normalized spacial score (nSPS) is 32.8. The Hall–Kier alpha value is -0.590. The van der Waals surface area contributed by atoms with E-state index < -0.39 is 0 Å². The zero-order chi connectivity index (χ0) is 14.9. The van der Waals surface area contributed by atoms with Gasteiger partial charge in [-0.2, -0.15) is 5.26 Å². The Kier molecular flexibility index (Phi) is 4.57. The maximum Gasteiger partial charge on any atom is 0.109 e. The molecule has 0 spiro atoms. The van der Waals surface area contributed by atoms with Gasteiger partial charge in [0.1, 0.15) is 5.54 Å². The zero-order valence-corrected chi connectivity index (χ0v) is 13.8. The lowest BCUT2D eigenvalue weighted by Crippen LogP contribution is -2.50. The largest absolute Gasteiger partial charge is 0.300 e. The highest BCUT2D eigenvalue weighted by Gasteiger charge is 2.44.